The van der Waals surface area contributed by atoms with Crippen LogP contribution in [-0.4, -0.2) is 50.6 Å². The fraction of sp³-hybridized carbons (Fsp3) is 0.393. The van der Waals surface area contributed by atoms with Gasteiger partial charge in [-0.05, 0) is 62.4 Å². The summed E-state index contributed by atoms with van der Waals surface area (Å²) in [7, 11) is 3.35. The van der Waals surface area contributed by atoms with Crippen LogP contribution in [0.4, 0.5) is 16.4 Å². The molecule has 4 amide bonds. The summed E-state index contributed by atoms with van der Waals surface area (Å²) in [6.45, 7) is 7.78. The van der Waals surface area contributed by atoms with Crippen molar-refractivity contribution in [1.82, 2.24) is 25.0 Å². The molecule has 0 spiro atoms. The Morgan fingerprint density at radius 1 is 1.16 bits per heavy atom. The maximum absolute atomic E-state index is 13.8. The number of likely N-dealkylation sites (tertiary alicyclic amines) is 1. The molecule has 3 aromatic rings. The van der Waals surface area contributed by atoms with Crippen molar-refractivity contribution >= 4 is 29.5 Å². The highest BCUT2D eigenvalue weighted by Crippen LogP contribution is 2.34. The molecule has 1 saturated heterocycles. The van der Waals surface area contributed by atoms with Crippen molar-refractivity contribution in [2.24, 2.45) is 13.0 Å². The van der Waals surface area contributed by atoms with Crippen LogP contribution >= 0.6 is 0 Å². The minimum Gasteiger partial charge on any atom is -0.384 e. The Kier molecular flexibility index (Phi) is 7.52. The van der Waals surface area contributed by atoms with E-state index >= 15 is 0 Å². The summed E-state index contributed by atoms with van der Waals surface area (Å²) in [5.74, 6) is -0.587. The summed E-state index contributed by atoms with van der Waals surface area (Å²) >= 11 is 0. The lowest BCUT2D eigenvalue weighted by Gasteiger charge is -2.46. The van der Waals surface area contributed by atoms with Crippen LogP contribution in [0.15, 0.2) is 42.6 Å². The molecule has 10 nitrogen and oxygen atoms in total. The number of aromatic nitrogens is 3. The Labute approximate surface area is 222 Å². The number of aryl methyl sites for hydroxylation is 4. The summed E-state index contributed by atoms with van der Waals surface area (Å²) in [6, 6.07) is 9.46. The van der Waals surface area contributed by atoms with Gasteiger partial charge >= 0.3 is 6.03 Å². The highest BCUT2D eigenvalue weighted by atomic mass is 16.2. The SMILES string of the molecule is CCC(NC(=O)N1C(=O)[C@H](Cc2cc(C)nc(N)c2)[C@H]1C(=O)N(C)c1ccnn1C)c1cc(C)ccc1C. The highest BCUT2D eigenvalue weighted by molar-refractivity contribution is 6.12. The van der Waals surface area contributed by atoms with Gasteiger partial charge in [-0.3, -0.25) is 24.1 Å². The normalized spacial score (nSPS) is 17.6. The van der Waals surface area contributed by atoms with Gasteiger partial charge in [-0.1, -0.05) is 30.7 Å². The van der Waals surface area contributed by atoms with Gasteiger partial charge in [0.05, 0.1) is 18.2 Å². The molecule has 3 N–H and O–H groups in total. The first kappa shape index (κ1) is 26.8. The third kappa shape index (κ3) is 5.11. The molecule has 0 saturated carbocycles. The van der Waals surface area contributed by atoms with Crippen LogP contribution < -0.4 is 16.0 Å². The lowest BCUT2D eigenvalue weighted by molar-refractivity contribution is -0.156. The average molecular weight is 518 g/mol. The number of urea groups is 1. The molecule has 1 unspecified atom stereocenters. The largest absolute Gasteiger partial charge is 0.384 e. The number of likely N-dealkylation sites (N-methyl/N-ethyl adjacent to an activating group) is 1. The van der Waals surface area contributed by atoms with Crippen molar-refractivity contribution in [2.45, 2.75) is 52.6 Å². The van der Waals surface area contributed by atoms with Crippen molar-refractivity contribution in [3.05, 3.63) is 70.5 Å². The topological polar surface area (TPSA) is 126 Å². The molecule has 10 heteroatoms. The first-order valence-corrected chi connectivity index (χ1v) is 12.7. The van der Waals surface area contributed by atoms with E-state index in [1.165, 1.54) is 4.90 Å². The maximum atomic E-state index is 13.8. The fourth-order valence-corrected chi connectivity index (χ4v) is 5.16. The summed E-state index contributed by atoms with van der Waals surface area (Å²) in [5.41, 5.74) is 10.5. The van der Waals surface area contributed by atoms with E-state index in [-0.39, 0.29) is 18.4 Å². The average Bonchev–Trinajstić information content (AvgIpc) is 3.29. The van der Waals surface area contributed by atoms with Crippen molar-refractivity contribution in [3.8, 4) is 0 Å². The predicted molar refractivity (Wildman–Crippen MR) is 145 cm³/mol. The monoisotopic (exact) mass is 517 g/mol. The Hall–Kier alpha value is -4.21. The van der Waals surface area contributed by atoms with E-state index in [1.807, 2.05) is 52.0 Å². The van der Waals surface area contributed by atoms with Gasteiger partial charge in [0.1, 0.15) is 17.7 Å². The number of imide groups is 1. The van der Waals surface area contributed by atoms with Crippen molar-refractivity contribution in [3.63, 3.8) is 0 Å². The first-order valence-electron chi connectivity index (χ1n) is 12.7. The Balaban J connectivity index is 1.63. The van der Waals surface area contributed by atoms with Gasteiger partial charge < -0.3 is 11.1 Å². The molecule has 2 aromatic heterocycles. The number of anilines is 2. The molecule has 4 rings (SSSR count). The van der Waals surface area contributed by atoms with Gasteiger partial charge in [-0.25, -0.2) is 9.78 Å². The number of nitrogen functional groups attached to an aromatic ring is 1. The standard InChI is InChI=1S/C28H35N7O3/c1-7-22(20-12-16(2)8-9-17(20)3)32-28(38)35-25(27(37)33(5)24-10-11-30-34(24)6)21(26(35)36)14-19-13-18(4)31-23(29)15-19/h8-13,15,21-22,25H,7,14H2,1-6H3,(H2,29,31)(H,32,38)/t21-,22?,25+/m1/s1. The quantitative estimate of drug-likeness (QED) is 0.464. The molecule has 1 aromatic carbocycles. The Morgan fingerprint density at radius 2 is 1.89 bits per heavy atom. The zero-order chi connectivity index (χ0) is 27.7. The van der Waals surface area contributed by atoms with Crippen molar-refractivity contribution in [1.29, 1.82) is 0 Å². The summed E-state index contributed by atoms with van der Waals surface area (Å²) < 4.78 is 1.57. The van der Waals surface area contributed by atoms with E-state index in [1.54, 1.807) is 37.1 Å². The molecular weight excluding hydrogens is 482 g/mol. The number of hydrogen-bond donors (Lipinski definition) is 2. The number of pyridine rings is 1. The summed E-state index contributed by atoms with van der Waals surface area (Å²) in [5, 5.41) is 7.14. The van der Waals surface area contributed by atoms with Gasteiger partial charge in [0, 0.05) is 25.9 Å². The molecule has 3 atom stereocenters. The molecule has 0 aliphatic carbocycles. The van der Waals surface area contributed by atoms with Crippen molar-refractivity contribution in [2.75, 3.05) is 17.7 Å². The number of rotatable bonds is 7. The molecule has 3 heterocycles. The van der Waals surface area contributed by atoms with Crippen LogP contribution in [0.2, 0.25) is 0 Å². The molecule has 0 bridgehead atoms. The number of amides is 4. The molecule has 1 aliphatic heterocycles. The van der Waals surface area contributed by atoms with Gasteiger partial charge in [-0.2, -0.15) is 5.10 Å². The number of nitrogens with zero attached hydrogens (tertiary/aromatic N) is 5. The maximum Gasteiger partial charge on any atom is 0.325 e. The van der Waals surface area contributed by atoms with Crippen LogP contribution in [0.3, 0.4) is 0 Å². The van der Waals surface area contributed by atoms with E-state index < -0.39 is 23.9 Å². The second-order valence-corrected chi connectivity index (χ2v) is 9.99. The Bertz CT molecular complexity index is 1360. The summed E-state index contributed by atoms with van der Waals surface area (Å²) in [6.07, 6.45) is 2.48. The fourth-order valence-electron chi connectivity index (χ4n) is 5.16. The van der Waals surface area contributed by atoms with E-state index in [0.29, 0.717) is 18.1 Å². The van der Waals surface area contributed by atoms with Crippen LogP contribution in [0.5, 0.6) is 0 Å². The highest BCUT2D eigenvalue weighted by Gasteiger charge is 2.55. The lowest BCUT2D eigenvalue weighted by atomic mass is 9.81. The van der Waals surface area contributed by atoms with E-state index in [9.17, 15) is 14.4 Å². The second kappa shape index (κ2) is 10.6. The van der Waals surface area contributed by atoms with Crippen LogP contribution in [0.1, 0.15) is 47.3 Å². The summed E-state index contributed by atoms with van der Waals surface area (Å²) in [4.78, 5) is 47.4. The minimum atomic E-state index is -0.979. The third-order valence-corrected chi connectivity index (χ3v) is 7.16. The first-order chi connectivity index (χ1) is 18.0. The number of nitrogens with two attached hydrogens (primary N) is 1. The molecule has 1 aliphatic rings. The third-order valence-electron chi connectivity index (χ3n) is 7.16. The van der Waals surface area contributed by atoms with Crippen LogP contribution in [0.25, 0.3) is 0 Å². The van der Waals surface area contributed by atoms with Gasteiger partial charge in [0.15, 0.2) is 0 Å². The minimum absolute atomic E-state index is 0.264. The van der Waals surface area contributed by atoms with Gasteiger partial charge in [-0.15, -0.1) is 0 Å². The van der Waals surface area contributed by atoms with E-state index in [4.69, 9.17) is 5.73 Å². The smallest absolute Gasteiger partial charge is 0.325 e. The van der Waals surface area contributed by atoms with Crippen LogP contribution in [0, 0.1) is 26.7 Å². The number of carbonyl (C=O) groups excluding carboxylic acids is 3. The number of benzene rings is 1. The number of β-lactam (4-membered cyclic amide) rings is 1. The number of hydrogen-bond acceptors (Lipinski definition) is 6. The molecule has 38 heavy (non-hydrogen) atoms. The van der Waals surface area contributed by atoms with Crippen molar-refractivity contribution < 1.29 is 14.4 Å². The molecule has 200 valence electrons. The second-order valence-electron chi connectivity index (χ2n) is 9.99. The van der Waals surface area contributed by atoms with Crippen LogP contribution in [-0.2, 0) is 23.1 Å². The number of nitrogens with one attached hydrogen (secondary N) is 1. The number of carbonyl (C=O) groups is 3. The lowest BCUT2D eigenvalue weighted by Crippen LogP contribution is -2.70. The van der Waals surface area contributed by atoms with E-state index in [0.717, 1.165) is 32.8 Å². The Morgan fingerprint density at radius 3 is 2.53 bits per heavy atom. The predicted octanol–water partition coefficient (Wildman–Crippen LogP) is 3.22. The van der Waals surface area contributed by atoms with E-state index in [2.05, 4.69) is 15.4 Å². The molecular formula is C28H35N7O3. The zero-order valence-electron chi connectivity index (χ0n) is 22.7. The molecule has 1 fully saturated rings. The zero-order valence-corrected chi connectivity index (χ0v) is 22.7. The van der Waals surface area contributed by atoms with Gasteiger partial charge in [0.2, 0.25) is 5.91 Å². The molecule has 0 radical (unpaired) electrons. The van der Waals surface area contributed by atoms with Gasteiger partial charge in [0.25, 0.3) is 5.91 Å².